The molecule has 0 aliphatic rings. The molecular weight excluding hydrogens is 250 g/mol. The van der Waals surface area contributed by atoms with Crippen molar-refractivity contribution in [1.29, 1.82) is 0 Å². The summed E-state index contributed by atoms with van der Waals surface area (Å²) in [5.41, 5.74) is 1.05. The monoisotopic (exact) mass is 265 g/mol. The molecule has 2 rings (SSSR count). The highest BCUT2D eigenvalue weighted by molar-refractivity contribution is 6.31. The van der Waals surface area contributed by atoms with Crippen LogP contribution < -0.4 is 5.32 Å². The molecule has 0 aliphatic carbocycles. The number of H-pyrrole nitrogens is 1. The molecule has 0 saturated carbocycles. The first kappa shape index (κ1) is 13.0. The highest BCUT2D eigenvalue weighted by Crippen LogP contribution is 2.20. The Labute approximate surface area is 111 Å². The van der Waals surface area contributed by atoms with Crippen LogP contribution in [0, 0.1) is 0 Å². The lowest BCUT2D eigenvalue weighted by Gasteiger charge is -2.16. The Morgan fingerprint density at radius 1 is 1.50 bits per heavy atom. The minimum atomic E-state index is 0.0901. The van der Waals surface area contributed by atoms with Gasteiger partial charge in [-0.1, -0.05) is 18.5 Å². The van der Waals surface area contributed by atoms with E-state index in [1.807, 2.05) is 6.07 Å². The van der Waals surface area contributed by atoms with Crippen LogP contribution in [0.2, 0.25) is 5.02 Å². The summed E-state index contributed by atoms with van der Waals surface area (Å²) in [5, 5.41) is 10.9. The zero-order valence-electron chi connectivity index (χ0n) is 10.2. The number of hydrogen-bond acceptors (Lipinski definition) is 4. The van der Waals surface area contributed by atoms with Gasteiger partial charge in [0, 0.05) is 12.4 Å². The maximum Gasteiger partial charge on any atom is 0.141 e. The van der Waals surface area contributed by atoms with E-state index in [1.54, 1.807) is 12.4 Å². The second kappa shape index (κ2) is 6.47. The number of nitrogens with zero attached hydrogens (tertiary/aromatic N) is 3. The zero-order valence-corrected chi connectivity index (χ0v) is 11.0. The van der Waals surface area contributed by atoms with E-state index in [9.17, 15) is 0 Å². The van der Waals surface area contributed by atoms with Crippen molar-refractivity contribution in [3.8, 4) is 0 Å². The first-order valence-electron chi connectivity index (χ1n) is 5.98. The van der Waals surface area contributed by atoms with E-state index in [0.717, 1.165) is 30.8 Å². The first-order valence-corrected chi connectivity index (χ1v) is 6.36. The lowest BCUT2D eigenvalue weighted by Crippen LogP contribution is -2.25. The fourth-order valence-corrected chi connectivity index (χ4v) is 1.95. The van der Waals surface area contributed by atoms with Crippen LogP contribution in [0.25, 0.3) is 0 Å². The largest absolute Gasteiger partial charge is 0.307 e. The highest BCUT2D eigenvalue weighted by atomic mass is 35.5. The summed E-state index contributed by atoms with van der Waals surface area (Å²) in [5.74, 6) is 0.830. The Morgan fingerprint density at radius 2 is 2.39 bits per heavy atom. The van der Waals surface area contributed by atoms with Gasteiger partial charge in [-0.25, -0.2) is 4.98 Å². The predicted octanol–water partition coefficient (Wildman–Crippen LogP) is 2.14. The van der Waals surface area contributed by atoms with Crippen LogP contribution in [0.5, 0.6) is 0 Å². The summed E-state index contributed by atoms with van der Waals surface area (Å²) in [4.78, 5) is 8.20. The van der Waals surface area contributed by atoms with Crippen molar-refractivity contribution in [2.24, 2.45) is 0 Å². The smallest absolute Gasteiger partial charge is 0.141 e. The molecule has 1 unspecified atom stereocenters. The normalized spacial score (nSPS) is 12.6. The summed E-state index contributed by atoms with van der Waals surface area (Å²) >= 11 is 6.13. The molecule has 2 aromatic heterocycles. The molecule has 0 radical (unpaired) electrons. The third-order valence-corrected chi connectivity index (χ3v) is 3.03. The third-order valence-electron chi connectivity index (χ3n) is 2.68. The number of rotatable bonds is 6. The van der Waals surface area contributed by atoms with Gasteiger partial charge in [0.05, 0.1) is 11.1 Å². The molecule has 0 amide bonds. The SMILES string of the molecule is CCCNC(Cc1ccncc1Cl)c1ncn[nH]1. The van der Waals surface area contributed by atoms with Crippen LogP contribution in [-0.4, -0.2) is 26.7 Å². The first-order chi connectivity index (χ1) is 8.81. The van der Waals surface area contributed by atoms with Crippen molar-refractivity contribution >= 4 is 11.6 Å². The Kier molecular flexibility index (Phi) is 4.66. The molecule has 1 atom stereocenters. The van der Waals surface area contributed by atoms with E-state index < -0.39 is 0 Å². The van der Waals surface area contributed by atoms with Gasteiger partial charge in [-0.3, -0.25) is 10.1 Å². The molecule has 0 aromatic carbocycles. The van der Waals surface area contributed by atoms with E-state index in [1.165, 1.54) is 6.33 Å². The van der Waals surface area contributed by atoms with Crippen LogP contribution in [0.4, 0.5) is 0 Å². The quantitative estimate of drug-likeness (QED) is 0.840. The molecular formula is C12H16ClN5. The Hall–Kier alpha value is -1.46. The van der Waals surface area contributed by atoms with Gasteiger partial charge in [0.2, 0.25) is 0 Å². The molecule has 0 fully saturated rings. The van der Waals surface area contributed by atoms with E-state index in [2.05, 4.69) is 32.4 Å². The number of nitrogens with one attached hydrogen (secondary N) is 2. The van der Waals surface area contributed by atoms with E-state index in [-0.39, 0.29) is 6.04 Å². The van der Waals surface area contributed by atoms with Crippen LogP contribution in [0.1, 0.15) is 30.8 Å². The zero-order chi connectivity index (χ0) is 12.8. The van der Waals surface area contributed by atoms with Gasteiger partial charge in [-0.15, -0.1) is 0 Å². The van der Waals surface area contributed by atoms with Crippen LogP contribution >= 0.6 is 11.6 Å². The number of aromatic amines is 1. The molecule has 0 bridgehead atoms. The molecule has 0 saturated heterocycles. The van der Waals surface area contributed by atoms with Crippen molar-refractivity contribution in [3.63, 3.8) is 0 Å². The fourth-order valence-electron chi connectivity index (χ4n) is 1.76. The van der Waals surface area contributed by atoms with Crippen LogP contribution in [0.3, 0.4) is 0 Å². The Bertz CT molecular complexity index is 471. The summed E-state index contributed by atoms with van der Waals surface area (Å²) < 4.78 is 0. The van der Waals surface area contributed by atoms with Crippen LogP contribution in [-0.2, 0) is 6.42 Å². The standard InChI is InChI=1S/C12H16ClN5/c1-2-4-15-11(12-16-8-17-18-12)6-9-3-5-14-7-10(9)13/h3,5,7-8,11,15H,2,4,6H2,1H3,(H,16,17,18). The second-order valence-corrected chi connectivity index (χ2v) is 4.46. The van der Waals surface area contributed by atoms with Crippen molar-refractivity contribution < 1.29 is 0 Å². The maximum absolute atomic E-state index is 6.13. The fraction of sp³-hybridized carbons (Fsp3) is 0.417. The average Bonchev–Trinajstić information content (AvgIpc) is 2.90. The lowest BCUT2D eigenvalue weighted by atomic mass is 10.1. The minimum Gasteiger partial charge on any atom is -0.307 e. The molecule has 96 valence electrons. The van der Waals surface area contributed by atoms with Gasteiger partial charge in [-0.05, 0) is 31.0 Å². The van der Waals surface area contributed by atoms with Crippen molar-refractivity contribution in [1.82, 2.24) is 25.5 Å². The second-order valence-electron chi connectivity index (χ2n) is 4.05. The number of aromatic nitrogens is 4. The predicted molar refractivity (Wildman–Crippen MR) is 70.4 cm³/mol. The molecule has 0 spiro atoms. The summed E-state index contributed by atoms with van der Waals surface area (Å²) in [6, 6.07) is 2.02. The van der Waals surface area contributed by atoms with Gasteiger partial charge in [0.15, 0.2) is 0 Å². The van der Waals surface area contributed by atoms with E-state index in [4.69, 9.17) is 11.6 Å². The Balaban J connectivity index is 2.13. The Morgan fingerprint density at radius 3 is 3.06 bits per heavy atom. The molecule has 5 nitrogen and oxygen atoms in total. The number of halogens is 1. The van der Waals surface area contributed by atoms with E-state index in [0.29, 0.717) is 5.02 Å². The topological polar surface area (TPSA) is 66.5 Å². The lowest BCUT2D eigenvalue weighted by molar-refractivity contribution is 0.506. The molecule has 18 heavy (non-hydrogen) atoms. The average molecular weight is 266 g/mol. The number of hydrogen-bond donors (Lipinski definition) is 2. The van der Waals surface area contributed by atoms with Gasteiger partial charge in [0.1, 0.15) is 12.2 Å². The molecule has 2 aromatic rings. The molecule has 2 N–H and O–H groups in total. The van der Waals surface area contributed by atoms with Crippen LogP contribution in [0.15, 0.2) is 24.8 Å². The third kappa shape index (κ3) is 3.27. The van der Waals surface area contributed by atoms with Gasteiger partial charge < -0.3 is 5.32 Å². The van der Waals surface area contributed by atoms with Gasteiger partial charge >= 0.3 is 0 Å². The van der Waals surface area contributed by atoms with Crippen molar-refractivity contribution in [2.75, 3.05) is 6.54 Å². The molecule has 6 heteroatoms. The molecule has 0 aliphatic heterocycles. The highest BCUT2D eigenvalue weighted by Gasteiger charge is 2.15. The minimum absolute atomic E-state index is 0.0901. The summed E-state index contributed by atoms with van der Waals surface area (Å²) in [6.07, 6.45) is 6.75. The van der Waals surface area contributed by atoms with E-state index >= 15 is 0 Å². The summed E-state index contributed by atoms with van der Waals surface area (Å²) in [7, 11) is 0. The van der Waals surface area contributed by atoms with Gasteiger partial charge in [-0.2, -0.15) is 5.10 Å². The maximum atomic E-state index is 6.13. The number of pyridine rings is 1. The van der Waals surface area contributed by atoms with Crippen molar-refractivity contribution in [2.45, 2.75) is 25.8 Å². The van der Waals surface area contributed by atoms with Crippen molar-refractivity contribution in [3.05, 3.63) is 41.2 Å². The molecule has 2 heterocycles. The summed E-state index contributed by atoms with van der Waals surface area (Å²) in [6.45, 7) is 3.05. The van der Waals surface area contributed by atoms with Gasteiger partial charge in [0.25, 0.3) is 0 Å².